The molecule has 3 aromatic rings. The van der Waals surface area contributed by atoms with Gasteiger partial charge in [-0.05, 0) is 24.3 Å². The maximum absolute atomic E-state index is 12.0. The number of aromatic nitrogens is 1. The molecule has 3 heterocycles. The second kappa shape index (κ2) is 4.94. The lowest BCUT2D eigenvalue weighted by Gasteiger charge is -2.00. The molecule has 20 heavy (non-hydrogen) atoms. The summed E-state index contributed by atoms with van der Waals surface area (Å²) in [7, 11) is 1.36. The zero-order valence-electron chi connectivity index (χ0n) is 10.7. The highest BCUT2D eigenvalue weighted by molar-refractivity contribution is 7.17. The van der Waals surface area contributed by atoms with Crippen molar-refractivity contribution < 1.29 is 14.3 Å². The maximum atomic E-state index is 12.0. The van der Waals surface area contributed by atoms with Crippen molar-refractivity contribution in [2.24, 2.45) is 0 Å². The third-order valence-corrected chi connectivity index (χ3v) is 4.11. The number of ether oxygens (including phenoxy) is 1. The number of nitrogens with zero attached hydrogens (tertiary/aromatic N) is 1. The molecular weight excluding hydrogens is 274 g/mol. The molecule has 100 valence electrons. The Morgan fingerprint density at radius 2 is 2.15 bits per heavy atom. The zero-order valence-corrected chi connectivity index (χ0v) is 11.5. The molecule has 5 heteroatoms. The molecule has 0 amide bonds. The first kappa shape index (κ1) is 12.6. The Kier molecular flexibility index (Phi) is 3.12. The smallest absolute Gasteiger partial charge is 0.340 e. The molecule has 0 unspecified atom stereocenters. The van der Waals surface area contributed by atoms with Gasteiger partial charge in [0, 0.05) is 22.8 Å². The normalized spacial score (nSPS) is 10.7. The predicted octanol–water partition coefficient (Wildman–Crippen LogP) is 3.27. The van der Waals surface area contributed by atoms with Crippen LogP contribution in [0.2, 0.25) is 0 Å². The Hall–Kier alpha value is -2.40. The van der Waals surface area contributed by atoms with Crippen molar-refractivity contribution in [2.45, 2.75) is 0 Å². The lowest BCUT2D eigenvalue weighted by Crippen LogP contribution is -2.00. The first-order valence-corrected chi connectivity index (χ1v) is 6.79. The summed E-state index contributed by atoms with van der Waals surface area (Å²) >= 11 is 1.36. The number of pyridine rings is 1. The van der Waals surface area contributed by atoms with Gasteiger partial charge in [0.2, 0.25) is 0 Å². The second-order valence-electron chi connectivity index (χ2n) is 4.22. The molecule has 0 N–H and O–H groups in total. The molecule has 3 aromatic heterocycles. The van der Waals surface area contributed by atoms with Crippen molar-refractivity contribution in [1.29, 1.82) is 0 Å². The van der Waals surface area contributed by atoms with E-state index < -0.39 is 0 Å². The molecule has 0 saturated heterocycles. The van der Waals surface area contributed by atoms with Crippen molar-refractivity contribution in [1.82, 2.24) is 4.40 Å². The summed E-state index contributed by atoms with van der Waals surface area (Å²) in [4.78, 5) is 24.3. The average Bonchev–Trinajstić information content (AvgIpc) is 3.09. The Morgan fingerprint density at radius 3 is 2.85 bits per heavy atom. The molecule has 0 atom stereocenters. The van der Waals surface area contributed by atoms with E-state index in [1.807, 2.05) is 34.9 Å². The summed E-state index contributed by atoms with van der Waals surface area (Å²) in [6.45, 7) is 0. The highest BCUT2D eigenvalue weighted by atomic mass is 32.1. The number of esters is 1. The average molecular weight is 285 g/mol. The number of fused-ring (bicyclic) bond motifs is 1. The Morgan fingerprint density at radius 1 is 1.30 bits per heavy atom. The summed E-state index contributed by atoms with van der Waals surface area (Å²) in [5.74, 6) is -0.384. The molecule has 0 saturated carbocycles. The van der Waals surface area contributed by atoms with Crippen LogP contribution >= 0.6 is 11.3 Å². The van der Waals surface area contributed by atoms with E-state index in [1.165, 1.54) is 18.4 Å². The molecule has 4 nitrogen and oxygen atoms in total. The number of carbonyl (C=O) groups excluding carboxylic acids is 2. The van der Waals surface area contributed by atoms with Crippen molar-refractivity contribution in [2.75, 3.05) is 7.11 Å². The van der Waals surface area contributed by atoms with Gasteiger partial charge in [0.05, 0.1) is 23.1 Å². The van der Waals surface area contributed by atoms with E-state index in [2.05, 4.69) is 0 Å². The first-order valence-electron chi connectivity index (χ1n) is 5.98. The van der Waals surface area contributed by atoms with Gasteiger partial charge < -0.3 is 9.14 Å². The van der Waals surface area contributed by atoms with Gasteiger partial charge in [0.25, 0.3) is 0 Å². The molecule has 0 bridgehead atoms. The SMILES string of the molecule is COC(=O)c1cn2ccccc2c1-c1ccc(C=O)s1. The predicted molar refractivity (Wildman–Crippen MR) is 77.4 cm³/mol. The third kappa shape index (κ3) is 1.92. The fourth-order valence-electron chi connectivity index (χ4n) is 2.20. The largest absolute Gasteiger partial charge is 0.465 e. The van der Waals surface area contributed by atoms with Crippen molar-refractivity contribution in [3.05, 3.63) is 53.2 Å². The van der Waals surface area contributed by atoms with Crippen molar-refractivity contribution in [3.8, 4) is 10.4 Å². The van der Waals surface area contributed by atoms with Crippen LogP contribution < -0.4 is 0 Å². The lowest BCUT2D eigenvalue weighted by atomic mass is 10.1. The van der Waals surface area contributed by atoms with E-state index in [4.69, 9.17) is 4.74 Å². The van der Waals surface area contributed by atoms with Crippen molar-refractivity contribution in [3.63, 3.8) is 0 Å². The number of hydrogen-bond acceptors (Lipinski definition) is 4. The molecule has 0 radical (unpaired) electrons. The van der Waals surface area contributed by atoms with Gasteiger partial charge in [0.1, 0.15) is 0 Å². The minimum Gasteiger partial charge on any atom is -0.465 e. The summed E-state index contributed by atoms with van der Waals surface area (Å²) in [6, 6.07) is 9.34. The fraction of sp³-hybridized carbons (Fsp3) is 0.0667. The first-order chi connectivity index (χ1) is 9.74. The molecule has 0 aliphatic rings. The van der Waals surface area contributed by atoms with Crippen LogP contribution in [-0.2, 0) is 4.74 Å². The van der Waals surface area contributed by atoms with Gasteiger partial charge in [-0.25, -0.2) is 4.79 Å². The van der Waals surface area contributed by atoms with E-state index in [0.29, 0.717) is 10.4 Å². The number of aldehydes is 1. The van der Waals surface area contributed by atoms with Crippen LogP contribution in [0.25, 0.3) is 16.0 Å². The highest BCUT2D eigenvalue weighted by Crippen LogP contribution is 2.35. The van der Waals surface area contributed by atoms with Crippen LogP contribution in [0.5, 0.6) is 0 Å². The number of rotatable bonds is 3. The minimum absolute atomic E-state index is 0.384. The summed E-state index contributed by atoms with van der Waals surface area (Å²) in [5, 5.41) is 0. The quantitative estimate of drug-likeness (QED) is 0.548. The van der Waals surface area contributed by atoms with Gasteiger partial charge in [-0.15, -0.1) is 11.3 Å². The van der Waals surface area contributed by atoms with Crippen LogP contribution in [0.4, 0.5) is 0 Å². The third-order valence-electron chi connectivity index (χ3n) is 3.08. The van der Waals surface area contributed by atoms with Gasteiger partial charge in [-0.3, -0.25) is 4.79 Å². The number of methoxy groups -OCH3 is 1. The molecular formula is C15H11NO3S. The fourth-order valence-corrected chi connectivity index (χ4v) is 3.09. The zero-order chi connectivity index (χ0) is 14.1. The van der Waals surface area contributed by atoms with Crippen LogP contribution in [-0.4, -0.2) is 23.8 Å². The Balaban J connectivity index is 2.30. The summed E-state index contributed by atoms with van der Waals surface area (Å²) < 4.78 is 6.72. The lowest BCUT2D eigenvalue weighted by molar-refractivity contribution is 0.0601. The number of thiophene rings is 1. The molecule has 0 aromatic carbocycles. The minimum atomic E-state index is -0.384. The van der Waals surface area contributed by atoms with E-state index in [-0.39, 0.29) is 5.97 Å². The van der Waals surface area contributed by atoms with E-state index in [1.54, 1.807) is 12.3 Å². The molecule has 0 aliphatic heterocycles. The molecule has 3 rings (SSSR count). The number of carbonyl (C=O) groups is 2. The molecule has 0 aliphatic carbocycles. The number of hydrogen-bond donors (Lipinski definition) is 0. The summed E-state index contributed by atoms with van der Waals surface area (Å²) in [5.41, 5.74) is 2.21. The van der Waals surface area contributed by atoms with Gasteiger partial charge in [-0.1, -0.05) is 6.07 Å². The van der Waals surface area contributed by atoms with Crippen molar-refractivity contribution >= 4 is 29.1 Å². The van der Waals surface area contributed by atoms with E-state index in [0.717, 1.165) is 22.2 Å². The van der Waals surface area contributed by atoms with Gasteiger partial charge >= 0.3 is 5.97 Å². The Labute approximate surface area is 119 Å². The highest BCUT2D eigenvalue weighted by Gasteiger charge is 2.20. The topological polar surface area (TPSA) is 47.8 Å². The van der Waals surface area contributed by atoms with Crippen LogP contribution in [0.15, 0.2) is 42.7 Å². The monoisotopic (exact) mass is 285 g/mol. The van der Waals surface area contributed by atoms with Crippen LogP contribution in [0.1, 0.15) is 20.0 Å². The standard InChI is InChI=1S/C15H11NO3S/c1-19-15(18)11-8-16-7-3-2-4-12(16)14(11)13-6-5-10(9-17)20-13/h2-9H,1H3. The van der Waals surface area contributed by atoms with E-state index >= 15 is 0 Å². The van der Waals surface area contributed by atoms with Gasteiger partial charge in [0.15, 0.2) is 6.29 Å². The van der Waals surface area contributed by atoms with E-state index in [9.17, 15) is 9.59 Å². The van der Waals surface area contributed by atoms with Gasteiger partial charge in [-0.2, -0.15) is 0 Å². The molecule has 0 spiro atoms. The van der Waals surface area contributed by atoms with Crippen LogP contribution in [0.3, 0.4) is 0 Å². The summed E-state index contributed by atoms with van der Waals surface area (Å²) in [6.07, 6.45) is 4.43. The maximum Gasteiger partial charge on any atom is 0.340 e. The van der Waals surface area contributed by atoms with Crippen LogP contribution in [0, 0.1) is 0 Å². The Bertz CT molecular complexity index is 800. The molecule has 0 fully saturated rings. The second-order valence-corrected chi connectivity index (χ2v) is 5.34.